The Hall–Kier alpha value is -1.02. The van der Waals surface area contributed by atoms with Crippen LogP contribution < -0.4 is 10.5 Å². The minimum Gasteiger partial charge on any atom is -0.485 e. The van der Waals surface area contributed by atoms with Crippen molar-refractivity contribution in [1.82, 2.24) is 0 Å². The molecule has 0 aromatic heterocycles. The minimum atomic E-state index is -0.216. The van der Waals surface area contributed by atoms with Gasteiger partial charge in [-0.1, -0.05) is 32.0 Å². The molecule has 0 amide bonds. The second kappa shape index (κ2) is 4.52. The molecule has 1 aliphatic heterocycles. The van der Waals surface area contributed by atoms with Crippen molar-refractivity contribution >= 4 is 0 Å². The molecular formula is C17H25NO. The fourth-order valence-electron chi connectivity index (χ4n) is 4.43. The third kappa shape index (κ3) is 1.66. The van der Waals surface area contributed by atoms with Crippen LogP contribution in [0, 0.1) is 0 Å². The van der Waals surface area contributed by atoms with Gasteiger partial charge in [-0.15, -0.1) is 0 Å². The van der Waals surface area contributed by atoms with Crippen LogP contribution in [0.3, 0.4) is 0 Å². The molecule has 104 valence electrons. The van der Waals surface area contributed by atoms with Gasteiger partial charge in [-0.05, 0) is 50.2 Å². The van der Waals surface area contributed by atoms with Gasteiger partial charge in [0, 0.05) is 5.92 Å². The molecule has 0 bridgehead atoms. The van der Waals surface area contributed by atoms with Crippen molar-refractivity contribution < 1.29 is 4.74 Å². The zero-order valence-electron chi connectivity index (χ0n) is 12.1. The monoisotopic (exact) mass is 259 g/mol. The van der Waals surface area contributed by atoms with E-state index in [9.17, 15) is 0 Å². The van der Waals surface area contributed by atoms with E-state index in [2.05, 4.69) is 38.1 Å². The second-order valence-corrected chi connectivity index (χ2v) is 6.20. The summed E-state index contributed by atoms with van der Waals surface area (Å²) in [5, 5.41) is 0. The molecule has 1 spiro atoms. The lowest BCUT2D eigenvalue weighted by atomic mass is 9.63. The van der Waals surface area contributed by atoms with Crippen LogP contribution in [-0.2, 0) is 0 Å². The number of hydrogen-bond donors (Lipinski definition) is 1. The van der Waals surface area contributed by atoms with E-state index >= 15 is 0 Å². The number of nitrogens with two attached hydrogens (primary N) is 1. The fraction of sp³-hybridized carbons (Fsp3) is 0.647. The van der Waals surface area contributed by atoms with Crippen LogP contribution in [0.15, 0.2) is 24.3 Å². The van der Waals surface area contributed by atoms with Gasteiger partial charge < -0.3 is 10.5 Å². The van der Waals surface area contributed by atoms with Crippen molar-refractivity contribution in [3.63, 3.8) is 0 Å². The third-order valence-corrected chi connectivity index (χ3v) is 5.47. The Bertz CT molecular complexity index is 464. The Balaban J connectivity index is 2.15. The first-order valence-corrected chi connectivity index (χ1v) is 7.73. The van der Waals surface area contributed by atoms with E-state index in [1.807, 2.05) is 0 Å². The lowest BCUT2D eigenvalue weighted by molar-refractivity contribution is -0.0396. The standard InChI is InChI=1S/C17H25NO/c1-3-14-13-9-5-6-10-15(13)19-16(11-7-8-12-16)17(14,18)4-2/h5-6,9-10,14H,3-4,7-8,11-12,18H2,1-2H3. The van der Waals surface area contributed by atoms with E-state index in [0.717, 1.165) is 31.4 Å². The molecule has 1 heterocycles. The van der Waals surface area contributed by atoms with E-state index in [0.29, 0.717) is 5.92 Å². The van der Waals surface area contributed by atoms with Crippen molar-refractivity contribution in [3.05, 3.63) is 29.8 Å². The molecule has 1 aromatic carbocycles. The zero-order valence-corrected chi connectivity index (χ0v) is 12.1. The molecule has 2 N–H and O–H groups in total. The highest BCUT2D eigenvalue weighted by molar-refractivity contribution is 5.43. The molecule has 1 fully saturated rings. The number of benzene rings is 1. The summed E-state index contributed by atoms with van der Waals surface area (Å²) in [6.07, 6.45) is 6.80. The van der Waals surface area contributed by atoms with Crippen LogP contribution in [-0.4, -0.2) is 11.1 Å². The van der Waals surface area contributed by atoms with Gasteiger partial charge in [-0.25, -0.2) is 0 Å². The average Bonchev–Trinajstić information content (AvgIpc) is 2.90. The van der Waals surface area contributed by atoms with E-state index in [-0.39, 0.29) is 11.1 Å². The summed E-state index contributed by atoms with van der Waals surface area (Å²) in [5.41, 5.74) is 7.91. The van der Waals surface area contributed by atoms with Crippen LogP contribution in [0.25, 0.3) is 0 Å². The Morgan fingerprint density at radius 3 is 2.53 bits per heavy atom. The van der Waals surface area contributed by atoms with Gasteiger partial charge in [0.1, 0.15) is 11.4 Å². The summed E-state index contributed by atoms with van der Waals surface area (Å²) < 4.78 is 6.49. The van der Waals surface area contributed by atoms with Crippen LogP contribution in [0.2, 0.25) is 0 Å². The predicted octanol–water partition coefficient (Wildman–Crippen LogP) is 3.99. The number of ether oxygens (including phenoxy) is 1. The SMILES string of the molecule is CCC1c2ccccc2OC2(CCCC2)C1(N)CC. The minimum absolute atomic E-state index is 0.128. The molecular weight excluding hydrogens is 234 g/mol. The van der Waals surface area contributed by atoms with Crippen LogP contribution in [0.5, 0.6) is 5.75 Å². The highest BCUT2D eigenvalue weighted by atomic mass is 16.5. The van der Waals surface area contributed by atoms with Crippen molar-refractivity contribution in [2.45, 2.75) is 69.4 Å². The van der Waals surface area contributed by atoms with Gasteiger partial charge in [0.25, 0.3) is 0 Å². The van der Waals surface area contributed by atoms with E-state index in [1.165, 1.54) is 18.4 Å². The third-order valence-electron chi connectivity index (χ3n) is 5.47. The molecule has 2 nitrogen and oxygen atoms in total. The summed E-state index contributed by atoms with van der Waals surface area (Å²) in [6.45, 7) is 4.48. The van der Waals surface area contributed by atoms with Crippen molar-refractivity contribution in [3.8, 4) is 5.75 Å². The first-order valence-electron chi connectivity index (χ1n) is 7.73. The van der Waals surface area contributed by atoms with Gasteiger partial charge in [0.05, 0.1) is 5.54 Å². The maximum absolute atomic E-state index is 6.94. The van der Waals surface area contributed by atoms with Crippen LogP contribution >= 0.6 is 0 Å². The Kier molecular flexibility index (Phi) is 3.09. The largest absolute Gasteiger partial charge is 0.485 e. The summed E-state index contributed by atoms with van der Waals surface area (Å²) in [5.74, 6) is 1.49. The Morgan fingerprint density at radius 1 is 1.21 bits per heavy atom. The molecule has 0 saturated heterocycles. The lowest BCUT2D eigenvalue weighted by Gasteiger charge is -2.54. The van der Waals surface area contributed by atoms with Crippen LogP contribution in [0.4, 0.5) is 0 Å². The molecule has 3 rings (SSSR count). The quantitative estimate of drug-likeness (QED) is 0.871. The van der Waals surface area contributed by atoms with Crippen molar-refractivity contribution in [2.24, 2.45) is 5.73 Å². The molecule has 19 heavy (non-hydrogen) atoms. The van der Waals surface area contributed by atoms with Gasteiger partial charge >= 0.3 is 0 Å². The molecule has 1 saturated carbocycles. The van der Waals surface area contributed by atoms with Crippen molar-refractivity contribution in [2.75, 3.05) is 0 Å². The maximum atomic E-state index is 6.94. The number of para-hydroxylation sites is 1. The Morgan fingerprint density at radius 2 is 1.89 bits per heavy atom. The summed E-state index contributed by atoms with van der Waals surface area (Å²) >= 11 is 0. The highest BCUT2D eigenvalue weighted by Gasteiger charge is 2.58. The van der Waals surface area contributed by atoms with Crippen molar-refractivity contribution in [1.29, 1.82) is 0 Å². The molecule has 2 heteroatoms. The normalized spacial score (nSPS) is 32.1. The molecule has 2 unspecified atom stereocenters. The molecule has 0 radical (unpaired) electrons. The summed E-state index contributed by atoms with van der Waals surface area (Å²) in [6, 6.07) is 8.49. The van der Waals surface area contributed by atoms with Gasteiger partial charge in [-0.2, -0.15) is 0 Å². The van der Waals surface area contributed by atoms with Gasteiger partial charge in [0.2, 0.25) is 0 Å². The molecule has 1 aromatic rings. The van der Waals surface area contributed by atoms with E-state index < -0.39 is 0 Å². The van der Waals surface area contributed by atoms with E-state index in [4.69, 9.17) is 10.5 Å². The first kappa shape index (κ1) is 13.0. The first-order chi connectivity index (χ1) is 9.17. The Labute approximate surface area is 116 Å². The van der Waals surface area contributed by atoms with Gasteiger partial charge in [0.15, 0.2) is 0 Å². The fourth-order valence-corrected chi connectivity index (χ4v) is 4.43. The predicted molar refractivity (Wildman–Crippen MR) is 78.5 cm³/mol. The molecule has 2 atom stereocenters. The van der Waals surface area contributed by atoms with Crippen LogP contribution in [0.1, 0.15) is 63.9 Å². The number of hydrogen-bond acceptors (Lipinski definition) is 2. The molecule has 1 aliphatic carbocycles. The summed E-state index contributed by atoms with van der Waals surface area (Å²) in [7, 11) is 0. The maximum Gasteiger partial charge on any atom is 0.127 e. The lowest BCUT2D eigenvalue weighted by Crippen LogP contribution is -2.67. The number of fused-ring (bicyclic) bond motifs is 1. The highest BCUT2D eigenvalue weighted by Crippen LogP contribution is 2.54. The average molecular weight is 259 g/mol. The number of rotatable bonds is 2. The molecule has 2 aliphatic rings. The smallest absolute Gasteiger partial charge is 0.127 e. The second-order valence-electron chi connectivity index (χ2n) is 6.20. The summed E-state index contributed by atoms with van der Waals surface area (Å²) in [4.78, 5) is 0. The zero-order chi connectivity index (χ0) is 13.5. The topological polar surface area (TPSA) is 35.2 Å². The van der Waals surface area contributed by atoms with E-state index in [1.54, 1.807) is 0 Å². The van der Waals surface area contributed by atoms with Gasteiger partial charge in [-0.3, -0.25) is 0 Å².